The number of rotatable bonds is 6. The fourth-order valence-corrected chi connectivity index (χ4v) is 3.95. The molecule has 2 aliphatic rings. The molecule has 0 saturated carbocycles. The van der Waals surface area contributed by atoms with Gasteiger partial charge < -0.3 is 24.7 Å². The summed E-state index contributed by atoms with van der Waals surface area (Å²) in [5.41, 5.74) is 5.56. The van der Waals surface area contributed by atoms with Crippen LogP contribution in [0.15, 0.2) is 18.5 Å². The van der Waals surface area contributed by atoms with Crippen LogP contribution in [-0.2, 0) is 23.7 Å². The van der Waals surface area contributed by atoms with Crippen LogP contribution in [0.5, 0.6) is 0 Å². The summed E-state index contributed by atoms with van der Waals surface area (Å²) in [6.07, 6.45) is -0.949. The van der Waals surface area contributed by atoms with Crippen LogP contribution >= 0.6 is 0 Å². The molecule has 11 nitrogen and oxygen atoms in total. The van der Waals surface area contributed by atoms with Gasteiger partial charge >= 0.3 is 11.9 Å². The molecule has 0 aliphatic carbocycles. The molecule has 0 aromatic carbocycles. The van der Waals surface area contributed by atoms with Crippen LogP contribution in [0.2, 0.25) is 0 Å². The highest BCUT2D eigenvalue weighted by Gasteiger charge is 2.69. The Morgan fingerprint density at radius 2 is 2.09 bits per heavy atom. The minimum Gasteiger partial charge on any atom is -0.434 e. The normalized spacial score (nSPS) is 28.6. The number of nitrogens with two attached hydrogens (primary N) is 1. The topological polar surface area (TPSA) is 124 Å². The fourth-order valence-electron chi connectivity index (χ4n) is 3.95. The van der Waals surface area contributed by atoms with Crippen LogP contribution in [0.3, 0.4) is 0 Å². The largest absolute Gasteiger partial charge is 0.508 e. The summed E-state index contributed by atoms with van der Waals surface area (Å²) in [7, 11) is 0. The van der Waals surface area contributed by atoms with Crippen molar-refractivity contribution in [1.29, 1.82) is 0 Å². The molecule has 0 unspecified atom stereocenters. The lowest BCUT2D eigenvalue weighted by Crippen LogP contribution is -2.45. The molecule has 2 aromatic rings. The summed E-state index contributed by atoms with van der Waals surface area (Å²) in [4.78, 5) is 19.8. The van der Waals surface area contributed by atoms with Gasteiger partial charge in [0.05, 0.1) is 12.3 Å². The summed E-state index contributed by atoms with van der Waals surface area (Å²) in [6, 6.07) is 3.56. The molecule has 172 valence electrons. The highest BCUT2D eigenvalue weighted by molar-refractivity contribution is 5.65. The van der Waals surface area contributed by atoms with Gasteiger partial charge in [-0.3, -0.25) is 9.58 Å². The van der Waals surface area contributed by atoms with Crippen molar-refractivity contribution in [2.75, 3.05) is 18.9 Å². The first kappa shape index (κ1) is 22.3. The maximum absolute atomic E-state index is 12.1. The Labute approximate surface area is 185 Å². The molecule has 0 amide bonds. The molecule has 2 aliphatic heterocycles. The molecule has 2 aromatic heterocycles. The first-order valence-corrected chi connectivity index (χ1v) is 10.5. The lowest BCUT2D eigenvalue weighted by molar-refractivity contribution is -0.208. The zero-order valence-corrected chi connectivity index (χ0v) is 18.5. The van der Waals surface area contributed by atoms with Gasteiger partial charge in [0.1, 0.15) is 24.1 Å². The Morgan fingerprint density at radius 3 is 2.81 bits per heavy atom. The van der Waals surface area contributed by atoms with Gasteiger partial charge in [-0.05, 0) is 38.3 Å². The van der Waals surface area contributed by atoms with Crippen molar-refractivity contribution in [2.45, 2.75) is 63.9 Å². The maximum Gasteiger partial charge on any atom is 0.508 e. The molecule has 4 heterocycles. The summed E-state index contributed by atoms with van der Waals surface area (Å²) >= 11 is 0. The van der Waals surface area contributed by atoms with Gasteiger partial charge in [0, 0.05) is 0 Å². The van der Waals surface area contributed by atoms with E-state index in [0.29, 0.717) is 29.4 Å². The quantitative estimate of drug-likeness (QED) is 0.528. The third-order valence-electron chi connectivity index (χ3n) is 5.51. The average molecular weight is 445 g/mol. The van der Waals surface area contributed by atoms with Crippen molar-refractivity contribution in [3.05, 3.63) is 35.6 Å². The van der Waals surface area contributed by atoms with Crippen molar-refractivity contribution in [3.8, 4) is 0 Å². The maximum atomic E-state index is 12.1. The summed E-state index contributed by atoms with van der Waals surface area (Å²) in [6.45, 7) is 15.3. The van der Waals surface area contributed by atoms with E-state index >= 15 is 0 Å². The third kappa shape index (κ3) is 3.97. The van der Waals surface area contributed by atoms with Crippen molar-refractivity contribution < 1.29 is 28.5 Å². The summed E-state index contributed by atoms with van der Waals surface area (Å²) < 4.78 is 30.3. The minimum absolute atomic E-state index is 0.237. The van der Waals surface area contributed by atoms with Crippen LogP contribution < -0.4 is 5.73 Å². The van der Waals surface area contributed by atoms with E-state index in [1.54, 1.807) is 30.5 Å². The monoisotopic (exact) mass is 445 g/mol. The molecule has 0 spiro atoms. The van der Waals surface area contributed by atoms with Gasteiger partial charge in [0.25, 0.3) is 0 Å². The molecule has 0 bridgehead atoms. The number of nitrogen functional groups attached to an aromatic ring is 1. The molecule has 0 radical (unpaired) electrons. The standard InChI is InChI=1S/C21H27N5O6/c1-12(2)8-9-28-19(27)29-10-21(23-5)17-16(30-20(3,4)32-17)15(31-21)13-6-7-14-18(22)24-11-25-26(13)14/h6-7,11-12,15-17H,8-10H2,1-4H3,(H2,22,24,25)/t15-,16-,17-,21+/m0/s1. The Hall–Kier alpha value is -2.94. The van der Waals surface area contributed by atoms with Gasteiger partial charge in [-0.15, -0.1) is 0 Å². The zero-order chi connectivity index (χ0) is 23.1. The second kappa shape index (κ2) is 8.20. The Kier molecular flexibility index (Phi) is 5.70. The van der Waals surface area contributed by atoms with E-state index in [2.05, 4.69) is 14.9 Å². The van der Waals surface area contributed by atoms with Gasteiger partial charge in [-0.1, -0.05) is 13.8 Å². The third-order valence-corrected chi connectivity index (χ3v) is 5.51. The number of carbonyl (C=O) groups excluding carboxylic acids is 1. The van der Waals surface area contributed by atoms with Crippen LogP contribution in [0.25, 0.3) is 10.4 Å². The second-order valence-corrected chi connectivity index (χ2v) is 8.79. The lowest BCUT2D eigenvalue weighted by atomic mass is 10.0. The van der Waals surface area contributed by atoms with E-state index in [4.69, 9.17) is 36.0 Å². The van der Waals surface area contributed by atoms with Crippen LogP contribution in [-0.4, -0.2) is 57.7 Å². The van der Waals surface area contributed by atoms with Crippen LogP contribution in [0, 0.1) is 12.5 Å². The lowest BCUT2D eigenvalue weighted by Gasteiger charge is -2.25. The van der Waals surface area contributed by atoms with E-state index in [1.165, 1.54) is 6.33 Å². The number of aromatic nitrogens is 3. The Bertz CT molecular complexity index is 1050. The Balaban J connectivity index is 1.59. The van der Waals surface area contributed by atoms with Crippen LogP contribution in [0.4, 0.5) is 10.6 Å². The van der Waals surface area contributed by atoms with E-state index in [0.717, 1.165) is 0 Å². The number of ether oxygens (including phenoxy) is 5. The molecular weight excluding hydrogens is 418 g/mol. The number of fused-ring (bicyclic) bond motifs is 2. The van der Waals surface area contributed by atoms with Crippen molar-refractivity contribution >= 4 is 17.5 Å². The molecule has 2 N–H and O–H groups in total. The molecule has 32 heavy (non-hydrogen) atoms. The smallest absolute Gasteiger partial charge is 0.434 e. The summed E-state index contributed by atoms with van der Waals surface area (Å²) in [5, 5.41) is 4.26. The van der Waals surface area contributed by atoms with Crippen molar-refractivity contribution in [2.24, 2.45) is 5.92 Å². The predicted molar refractivity (Wildman–Crippen MR) is 111 cm³/mol. The van der Waals surface area contributed by atoms with Crippen molar-refractivity contribution in [3.63, 3.8) is 0 Å². The van der Waals surface area contributed by atoms with Crippen molar-refractivity contribution in [1.82, 2.24) is 14.6 Å². The Morgan fingerprint density at radius 1 is 1.31 bits per heavy atom. The molecule has 2 fully saturated rings. The van der Waals surface area contributed by atoms with E-state index < -0.39 is 36.0 Å². The van der Waals surface area contributed by atoms with E-state index in [1.807, 2.05) is 13.8 Å². The number of hydrogen-bond donors (Lipinski definition) is 1. The van der Waals surface area contributed by atoms with Gasteiger partial charge in [0.15, 0.2) is 17.7 Å². The molecule has 4 rings (SSSR count). The van der Waals surface area contributed by atoms with Gasteiger partial charge in [0.2, 0.25) is 6.61 Å². The fraction of sp³-hybridized carbons (Fsp3) is 0.619. The highest BCUT2D eigenvalue weighted by atomic mass is 16.8. The van der Waals surface area contributed by atoms with Crippen LogP contribution in [0.1, 0.15) is 45.9 Å². The molecular formula is C21H27N5O6. The molecule has 2 saturated heterocycles. The first-order valence-electron chi connectivity index (χ1n) is 10.5. The highest BCUT2D eigenvalue weighted by Crippen LogP contribution is 2.50. The molecule has 4 atom stereocenters. The predicted octanol–water partition coefficient (Wildman–Crippen LogP) is 2.72. The first-order chi connectivity index (χ1) is 15.2. The minimum atomic E-state index is -1.61. The average Bonchev–Trinajstić information content (AvgIpc) is 3.37. The number of nitrogens with zero attached hydrogens (tertiary/aromatic N) is 4. The number of hydrogen-bond acceptors (Lipinski definition) is 9. The SMILES string of the molecule is [C-]#[N+][C@]1(COC(=O)OCCC(C)C)O[C@@H](c2ccc3c(N)ncnn23)[C@@H]2OC(C)(C)O[C@@H]21. The molecule has 11 heteroatoms. The number of carbonyl (C=O) groups is 1. The zero-order valence-electron chi connectivity index (χ0n) is 18.5. The van der Waals surface area contributed by atoms with E-state index in [-0.39, 0.29) is 13.2 Å². The van der Waals surface area contributed by atoms with E-state index in [9.17, 15) is 4.79 Å². The summed E-state index contributed by atoms with van der Waals surface area (Å²) in [5.74, 6) is -0.252. The number of anilines is 1. The van der Waals surface area contributed by atoms with Gasteiger partial charge in [-0.2, -0.15) is 5.10 Å². The second-order valence-electron chi connectivity index (χ2n) is 8.79. The van der Waals surface area contributed by atoms with Gasteiger partial charge in [-0.25, -0.2) is 20.9 Å².